The minimum atomic E-state index is -1.09. The highest BCUT2D eigenvalue weighted by molar-refractivity contribution is 6.41. The van der Waals surface area contributed by atoms with Gasteiger partial charge in [-0.2, -0.15) is 0 Å². The third-order valence-electron chi connectivity index (χ3n) is 7.83. The molecule has 1 aliphatic carbocycles. The maximum Gasteiger partial charge on any atom is 0.331 e. The number of carbonyl (C=O) groups is 3. The molecule has 0 spiro atoms. The standard InChI is InChI=1S/C29H29NO9/c1-11(2)23-29(36)39-28-15-8-12(3)9-16(31)20(15)22-24(30(23)28)27(35)21-14(26(22)34)6-5-7-18(21)38-19-10-17(32)25(33)13(4)37-19/h5-9,11,13,17,19,23,25,28,31-33H,10H2,1-4H3/t13-,17+,19?,23-,25-,28+/m0/s1. The number of aliphatic hydroxyl groups excluding tert-OH is 2. The number of esters is 1. The van der Waals surface area contributed by atoms with Gasteiger partial charge in [0, 0.05) is 23.1 Å². The smallest absolute Gasteiger partial charge is 0.331 e. The Hall–Kier alpha value is -3.73. The fraction of sp³-hybridized carbons (Fsp3) is 0.414. The number of allylic oxidation sites excluding steroid dienone is 2. The summed E-state index contributed by atoms with van der Waals surface area (Å²) in [5, 5.41) is 31.2. The first-order valence-corrected chi connectivity index (χ1v) is 13.0. The van der Waals surface area contributed by atoms with Crippen molar-refractivity contribution in [2.24, 2.45) is 5.92 Å². The van der Waals surface area contributed by atoms with E-state index in [0.29, 0.717) is 11.1 Å². The minimum absolute atomic E-state index is 0.00577. The highest BCUT2D eigenvalue weighted by Gasteiger charge is 2.54. The van der Waals surface area contributed by atoms with Crippen LogP contribution in [0.3, 0.4) is 0 Å². The number of ketones is 2. The maximum absolute atomic E-state index is 14.3. The van der Waals surface area contributed by atoms with E-state index in [1.165, 1.54) is 18.2 Å². The van der Waals surface area contributed by atoms with E-state index < -0.39 is 54.4 Å². The Bertz CT molecular complexity index is 1450. The van der Waals surface area contributed by atoms with Crippen molar-refractivity contribution in [2.45, 2.75) is 71.0 Å². The molecule has 6 atom stereocenters. The van der Waals surface area contributed by atoms with Crippen LogP contribution in [-0.2, 0) is 14.3 Å². The Morgan fingerprint density at radius 3 is 2.51 bits per heavy atom. The van der Waals surface area contributed by atoms with Crippen LogP contribution in [0, 0.1) is 12.8 Å². The summed E-state index contributed by atoms with van der Waals surface area (Å²) < 4.78 is 17.4. The number of hydrogen-bond acceptors (Lipinski definition) is 10. The van der Waals surface area contributed by atoms with Crippen molar-refractivity contribution in [2.75, 3.05) is 0 Å². The van der Waals surface area contributed by atoms with Gasteiger partial charge in [0.1, 0.15) is 29.3 Å². The number of aromatic hydroxyl groups is 1. The van der Waals surface area contributed by atoms with E-state index in [1.54, 1.807) is 30.9 Å². The molecule has 10 heteroatoms. The van der Waals surface area contributed by atoms with Crippen molar-refractivity contribution in [3.63, 3.8) is 0 Å². The zero-order valence-corrected chi connectivity index (χ0v) is 21.9. The normalized spacial score (nSPS) is 29.6. The highest BCUT2D eigenvalue weighted by atomic mass is 16.7. The molecule has 0 saturated carbocycles. The van der Waals surface area contributed by atoms with Crippen molar-refractivity contribution < 1.29 is 43.9 Å². The number of carbonyl (C=O) groups excluding carboxylic acids is 3. The summed E-state index contributed by atoms with van der Waals surface area (Å²) in [5.41, 5.74) is 1.38. The van der Waals surface area contributed by atoms with Crippen molar-refractivity contribution >= 4 is 23.1 Å². The van der Waals surface area contributed by atoms with Gasteiger partial charge in [-0.1, -0.05) is 26.0 Å². The Kier molecular flexibility index (Phi) is 5.83. The van der Waals surface area contributed by atoms with Gasteiger partial charge in [-0.25, -0.2) is 4.79 Å². The zero-order chi connectivity index (χ0) is 27.9. The number of aryl methyl sites for hydroxylation is 1. The quantitative estimate of drug-likeness (QED) is 0.502. The van der Waals surface area contributed by atoms with Gasteiger partial charge in [0.15, 0.2) is 5.78 Å². The van der Waals surface area contributed by atoms with Crippen LogP contribution in [0.5, 0.6) is 11.5 Å². The molecular weight excluding hydrogens is 506 g/mol. The Labute approximate surface area is 224 Å². The molecule has 2 fully saturated rings. The first-order chi connectivity index (χ1) is 18.5. The average molecular weight is 536 g/mol. The van der Waals surface area contributed by atoms with Crippen LogP contribution in [0.4, 0.5) is 0 Å². The van der Waals surface area contributed by atoms with Gasteiger partial charge in [-0.05, 0) is 43.5 Å². The van der Waals surface area contributed by atoms with Crippen LogP contribution in [0.1, 0.15) is 70.8 Å². The molecule has 4 aliphatic rings. The molecule has 3 heterocycles. The first-order valence-electron chi connectivity index (χ1n) is 13.0. The van der Waals surface area contributed by atoms with Crippen molar-refractivity contribution in [3.05, 3.63) is 63.8 Å². The van der Waals surface area contributed by atoms with E-state index in [9.17, 15) is 29.7 Å². The topological polar surface area (TPSA) is 143 Å². The van der Waals surface area contributed by atoms with E-state index in [4.69, 9.17) is 14.2 Å². The summed E-state index contributed by atoms with van der Waals surface area (Å²) in [5.74, 6) is -1.95. The molecular formula is C29H29NO9. The van der Waals surface area contributed by atoms with E-state index in [2.05, 4.69) is 0 Å². The number of ether oxygens (including phenoxy) is 3. The van der Waals surface area contributed by atoms with Crippen LogP contribution in [-0.4, -0.2) is 68.4 Å². The summed E-state index contributed by atoms with van der Waals surface area (Å²) in [7, 11) is 0. The van der Waals surface area contributed by atoms with Gasteiger partial charge in [0.2, 0.25) is 18.3 Å². The van der Waals surface area contributed by atoms with Crippen molar-refractivity contribution in [1.29, 1.82) is 0 Å². The molecule has 10 nitrogen and oxygen atoms in total. The molecule has 3 aliphatic heterocycles. The summed E-state index contributed by atoms with van der Waals surface area (Å²) in [4.78, 5) is 43.1. The van der Waals surface area contributed by atoms with Crippen molar-refractivity contribution in [1.82, 2.24) is 4.90 Å². The number of hydrogen-bond donors (Lipinski definition) is 3. The second-order valence-electron chi connectivity index (χ2n) is 10.9. The van der Waals surface area contributed by atoms with Crippen LogP contribution in [0.15, 0.2) is 36.0 Å². The SMILES string of the molecule is Cc1cc(O)c2c(c1)[C@H]1OC(=O)[C@H](C(C)C)N1C1=C2C(=O)c2cccc(OC3C[C@@H](O)[C@@H](O)[C@H](C)O3)c2C1=O. The monoisotopic (exact) mass is 535 g/mol. The van der Waals surface area contributed by atoms with E-state index in [1.807, 2.05) is 13.8 Å². The molecule has 2 aromatic rings. The fourth-order valence-electron chi connectivity index (χ4n) is 6.07. The third kappa shape index (κ3) is 3.70. The lowest BCUT2D eigenvalue weighted by atomic mass is 9.78. The van der Waals surface area contributed by atoms with Crippen LogP contribution in [0.2, 0.25) is 0 Å². The molecule has 2 saturated heterocycles. The number of aliphatic hydroxyl groups is 2. The molecule has 0 bridgehead atoms. The zero-order valence-electron chi connectivity index (χ0n) is 21.9. The molecule has 1 unspecified atom stereocenters. The lowest BCUT2D eigenvalue weighted by Crippen LogP contribution is -2.48. The Morgan fingerprint density at radius 1 is 1.08 bits per heavy atom. The van der Waals surface area contributed by atoms with Crippen LogP contribution in [0.25, 0.3) is 5.57 Å². The summed E-state index contributed by atoms with van der Waals surface area (Å²) in [6.45, 7) is 7.04. The molecule has 204 valence electrons. The first kappa shape index (κ1) is 25.5. The predicted molar refractivity (Wildman–Crippen MR) is 136 cm³/mol. The summed E-state index contributed by atoms with van der Waals surface area (Å²) >= 11 is 0. The van der Waals surface area contributed by atoms with E-state index in [-0.39, 0.29) is 51.8 Å². The predicted octanol–water partition coefficient (Wildman–Crippen LogP) is 2.62. The second kappa shape index (κ2) is 8.90. The van der Waals surface area contributed by atoms with Gasteiger partial charge >= 0.3 is 5.97 Å². The van der Waals surface area contributed by atoms with Crippen molar-refractivity contribution in [3.8, 4) is 11.5 Å². The second-order valence-corrected chi connectivity index (χ2v) is 10.9. The van der Waals surface area contributed by atoms with Gasteiger partial charge in [0.05, 0.1) is 23.3 Å². The van der Waals surface area contributed by atoms with Gasteiger partial charge < -0.3 is 34.4 Å². The maximum atomic E-state index is 14.3. The number of fused-ring (bicyclic) bond motifs is 6. The van der Waals surface area contributed by atoms with Crippen LogP contribution >= 0.6 is 0 Å². The Balaban J connectivity index is 1.52. The van der Waals surface area contributed by atoms with Crippen LogP contribution < -0.4 is 4.74 Å². The molecule has 0 aromatic heterocycles. The largest absolute Gasteiger partial charge is 0.507 e. The highest BCUT2D eigenvalue weighted by Crippen LogP contribution is 2.52. The summed E-state index contributed by atoms with van der Waals surface area (Å²) in [6, 6.07) is 7.04. The molecule has 2 aromatic carbocycles. The number of phenolic OH excluding ortho intramolecular Hbond substituents is 1. The molecule has 39 heavy (non-hydrogen) atoms. The number of rotatable bonds is 3. The van der Waals surface area contributed by atoms with Gasteiger partial charge in [-0.3, -0.25) is 9.59 Å². The van der Waals surface area contributed by atoms with Gasteiger partial charge in [-0.15, -0.1) is 0 Å². The summed E-state index contributed by atoms with van der Waals surface area (Å²) in [6.07, 6.45) is -4.90. The lowest BCUT2D eigenvalue weighted by Gasteiger charge is -2.40. The van der Waals surface area contributed by atoms with Gasteiger partial charge in [0.25, 0.3) is 0 Å². The number of benzene rings is 2. The lowest BCUT2D eigenvalue weighted by molar-refractivity contribution is -0.216. The molecule has 3 N–H and O–H groups in total. The number of phenols is 1. The van der Waals surface area contributed by atoms with E-state index >= 15 is 0 Å². The Morgan fingerprint density at radius 2 is 1.82 bits per heavy atom. The molecule has 0 amide bonds. The average Bonchev–Trinajstić information content (AvgIpc) is 3.22. The number of nitrogens with zero attached hydrogens (tertiary/aromatic N) is 1. The third-order valence-corrected chi connectivity index (χ3v) is 7.83. The minimum Gasteiger partial charge on any atom is -0.507 e. The fourth-order valence-corrected chi connectivity index (χ4v) is 6.07. The number of Topliss-reactive ketones (excluding diaryl/α,β-unsaturated/α-hetero) is 2. The van der Waals surface area contributed by atoms with E-state index in [0.717, 1.165) is 0 Å². The molecule has 0 radical (unpaired) electrons. The molecule has 6 rings (SSSR count).